The average molecular weight is 242 g/mol. The van der Waals surface area contributed by atoms with Crippen LogP contribution in [-0.4, -0.2) is 47.2 Å². The Balaban J connectivity index is 2.58. The van der Waals surface area contributed by atoms with Crippen molar-refractivity contribution in [2.45, 2.75) is 52.1 Å². The van der Waals surface area contributed by atoms with Crippen LogP contribution >= 0.6 is 0 Å². The molecule has 1 heterocycles. The van der Waals surface area contributed by atoms with Crippen LogP contribution in [0.1, 0.15) is 40.5 Å². The van der Waals surface area contributed by atoms with Crippen LogP contribution in [0, 0.1) is 5.92 Å². The van der Waals surface area contributed by atoms with Gasteiger partial charge in [0, 0.05) is 25.7 Å². The molecule has 2 N–H and O–H groups in total. The summed E-state index contributed by atoms with van der Waals surface area (Å²) in [6, 6.07) is 0.211. The maximum Gasteiger partial charge on any atom is 0.324 e. The number of nitrogens with one attached hydrogen (secondary N) is 1. The molecule has 1 aliphatic rings. The van der Waals surface area contributed by atoms with Gasteiger partial charge in [-0.15, -0.1) is 0 Å². The summed E-state index contributed by atoms with van der Waals surface area (Å²) in [6.45, 7) is 11.2. The zero-order chi connectivity index (χ0) is 13.1. The van der Waals surface area contributed by atoms with Crippen LogP contribution in [0.4, 0.5) is 0 Å². The summed E-state index contributed by atoms with van der Waals surface area (Å²) in [5.74, 6) is -0.0548. The minimum Gasteiger partial charge on any atom is -0.480 e. The lowest BCUT2D eigenvalue weighted by atomic mass is 9.86. The largest absolute Gasteiger partial charge is 0.480 e. The highest BCUT2D eigenvalue weighted by Crippen LogP contribution is 2.24. The van der Waals surface area contributed by atoms with Gasteiger partial charge in [0.25, 0.3) is 0 Å². The molecule has 0 amide bonds. The Bertz CT molecular complexity index is 256. The van der Waals surface area contributed by atoms with Crippen molar-refractivity contribution < 1.29 is 9.90 Å². The van der Waals surface area contributed by atoms with Gasteiger partial charge in [0.1, 0.15) is 5.54 Å². The SMILES string of the molecule is CC(C)CN1CCC(NC(C)C)(C(=O)O)CC1. The first-order valence-electron chi connectivity index (χ1n) is 6.59. The first-order chi connectivity index (χ1) is 7.85. The molecule has 0 aliphatic carbocycles. The highest BCUT2D eigenvalue weighted by Gasteiger charge is 2.41. The molecule has 100 valence electrons. The number of hydrogen-bond acceptors (Lipinski definition) is 3. The van der Waals surface area contributed by atoms with E-state index >= 15 is 0 Å². The van der Waals surface area contributed by atoms with Crippen molar-refractivity contribution in [3.8, 4) is 0 Å². The summed E-state index contributed by atoms with van der Waals surface area (Å²) >= 11 is 0. The number of nitrogens with zero attached hydrogens (tertiary/aromatic N) is 1. The molecule has 1 saturated heterocycles. The Hall–Kier alpha value is -0.610. The summed E-state index contributed by atoms with van der Waals surface area (Å²) in [5.41, 5.74) is -0.707. The standard InChI is InChI=1S/C13H26N2O2/c1-10(2)9-15-7-5-13(6-8-15,12(16)17)14-11(3)4/h10-11,14H,5-9H2,1-4H3,(H,16,17). The number of hydrogen-bond donors (Lipinski definition) is 2. The second kappa shape index (κ2) is 5.83. The summed E-state index contributed by atoms with van der Waals surface area (Å²) in [5, 5.41) is 12.7. The zero-order valence-corrected chi connectivity index (χ0v) is 11.5. The maximum absolute atomic E-state index is 11.5. The summed E-state index contributed by atoms with van der Waals surface area (Å²) in [7, 11) is 0. The van der Waals surface area contributed by atoms with Gasteiger partial charge in [-0.3, -0.25) is 10.1 Å². The summed E-state index contributed by atoms with van der Waals surface area (Å²) in [4.78, 5) is 13.8. The van der Waals surface area contributed by atoms with Crippen molar-refractivity contribution in [3.05, 3.63) is 0 Å². The van der Waals surface area contributed by atoms with E-state index in [2.05, 4.69) is 24.1 Å². The topological polar surface area (TPSA) is 52.6 Å². The number of piperidine rings is 1. The third kappa shape index (κ3) is 3.96. The highest BCUT2D eigenvalue weighted by atomic mass is 16.4. The van der Waals surface area contributed by atoms with Crippen LogP contribution in [0.15, 0.2) is 0 Å². The van der Waals surface area contributed by atoms with Gasteiger partial charge in [0.05, 0.1) is 0 Å². The fraction of sp³-hybridized carbons (Fsp3) is 0.923. The Morgan fingerprint density at radius 3 is 2.18 bits per heavy atom. The molecular weight excluding hydrogens is 216 g/mol. The summed E-state index contributed by atoms with van der Waals surface area (Å²) < 4.78 is 0. The minimum atomic E-state index is -0.707. The molecule has 1 fully saturated rings. The van der Waals surface area contributed by atoms with Gasteiger partial charge in [-0.25, -0.2) is 0 Å². The van der Waals surface area contributed by atoms with E-state index in [0.717, 1.165) is 19.6 Å². The van der Waals surface area contributed by atoms with Gasteiger partial charge in [-0.2, -0.15) is 0 Å². The highest BCUT2D eigenvalue weighted by molar-refractivity contribution is 5.79. The normalized spacial score (nSPS) is 21.1. The molecule has 4 nitrogen and oxygen atoms in total. The first kappa shape index (κ1) is 14.5. The smallest absolute Gasteiger partial charge is 0.324 e. The molecule has 0 spiro atoms. The monoisotopic (exact) mass is 242 g/mol. The third-order valence-electron chi connectivity index (χ3n) is 3.31. The van der Waals surface area contributed by atoms with E-state index in [4.69, 9.17) is 0 Å². The van der Waals surface area contributed by atoms with Crippen LogP contribution in [0.5, 0.6) is 0 Å². The molecule has 0 saturated carbocycles. The second-order valence-electron chi connectivity index (χ2n) is 5.88. The molecular formula is C13H26N2O2. The van der Waals surface area contributed by atoms with Crippen molar-refractivity contribution in [2.75, 3.05) is 19.6 Å². The average Bonchev–Trinajstić information content (AvgIpc) is 2.19. The number of rotatable bonds is 5. The van der Waals surface area contributed by atoms with Crippen molar-refractivity contribution >= 4 is 5.97 Å². The number of carbonyl (C=O) groups is 1. The number of carboxylic acids is 1. The molecule has 0 radical (unpaired) electrons. The minimum absolute atomic E-state index is 0.211. The molecule has 0 bridgehead atoms. The Morgan fingerprint density at radius 1 is 1.29 bits per heavy atom. The molecule has 1 aliphatic heterocycles. The van der Waals surface area contributed by atoms with Crippen LogP contribution < -0.4 is 5.32 Å². The van der Waals surface area contributed by atoms with Crippen LogP contribution in [0.3, 0.4) is 0 Å². The third-order valence-corrected chi connectivity index (χ3v) is 3.31. The van der Waals surface area contributed by atoms with Gasteiger partial charge >= 0.3 is 5.97 Å². The van der Waals surface area contributed by atoms with E-state index in [1.165, 1.54) is 0 Å². The Labute approximate surface area is 104 Å². The number of carboxylic acid groups (broad SMARTS) is 1. The van der Waals surface area contributed by atoms with Gasteiger partial charge in [-0.05, 0) is 32.6 Å². The lowest BCUT2D eigenvalue weighted by molar-refractivity contribution is -0.147. The predicted molar refractivity (Wildman–Crippen MR) is 69.2 cm³/mol. The molecule has 17 heavy (non-hydrogen) atoms. The van der Waals surface area contributed by atoms with Gasteiger partial charge in [-0.1, -0.05) is 13.8 Å². The van der Waals surface area contributed by atoms with E-state index in [1.54, 1.807) is 0 Å². The molecule has 0 atom stereocenters. The Kier molecular flexibility index (Phi) is 4.95. The van der Waals surface area contributed by atoms with Crippen LogP contribution in [-0.2, 0) is 4.79 Å². The fourth-order valence-corrected chi connectivity index (χ4v) is 2.61. The molecule has 0 unspecified atom stereocenters. The van der Waals surface area contributed by atoms with Crippen LogP contribution in [0.25, 0.3) is 0 Å². The fourth-order valence-electron chi connectivity index (χ4n) is 2.61. The second-order valence-corrected chi connectivity index (χ2v) is 5.88. The summed E-state index contributed by atoms with van der Waals surface area (Å²) in [6.07, 6.45) is 1.40. The van der Waals surface area contributed by atoms with Crippen molar-refractivity contribution in [1.29, 1.82) is 0 Å². The van der Waals surface area contributed by atoms with Gasteiger partial charge in [0.15, 0.2) is 0 Å². The van der Waals surface area contributed by atoms with E-state index in [1.807, 2.05) is 13.8 Å². The molecule has 0 aromatic rings. The maximum atomic E-state index is 11.5. The number of likely N-dealkylation sites (tertiary alicyclic amines) is 1. The quantitative estimate of drug-likeness (QED) is 0.768. The van der Waals surface area contributed by atoms with Crippen molar-refractivity contribution in [3.63, 3.8) is 0 Å². The predicted octanol–water partition coefficient (Wildman–Crippen LogP) is 1.56. The van der Waals surface area contributed by atoms with Gasteiger partial charge < -0.3 is 10.0 Å². The van der Waals surface area contributed by atoms with E-state index in [0.29, 0.717) is 18.8 Å². The zero-order valence-electron chi connectivity index (χ0n) is 11.5. The van der Waals surface area contributed by atoms with Crippen molar-refractivity contribution in [2.24, 2.45) is 5.92 Å². The lowest BCUT2D eigenvalue weighted by Crippen LogP contribution is -2.60. The molecule has 0 aromatic heterocycles. The molecule has 0 aromatic carbocycles. The van der Waals surface area contributed by atoms with Crippen molar-refractivity contribution in [1.82, 2.24) is 10.2 Å². The Morgan fingerprint density at radius 2 is 1.82 bits per heavy atom. The van der Waals surface area contributed by atoms with Gasteiger partial charge in [0.2, 0.25) is 0 Å². The van der Waals surface area contributed by atoms with E-state index < -0.39 is 11.5 Å². The molecule has 1 rings (SSSR count). The number of aliphatic carboxylic acids is 1. The molecule has 4 heteroatoms. The van der Waals surface area contributed by atoms with E-state index in [-0.39, 0.29) is 6.04 Å². The van der Waals surface area contributed by atoms with Crippen LogP contribution in [0.2, 0.25) is 0 Å². The first-order valence-corrected chi connectivity index (χ1v) is 6.59. The van der Waals surface area contributed by atoms with E-state index in [9.17, 15) is 9.90 Å². The lowest BCUT2D eigenvalue weighted by Gasteiger charge is -2.41.